The second-order valence-corrected chi connectivity index (χ2v) is 2.61. The first-order valence-electron chi connectivity index (χ1n) is 4.50. The summed E-state index contributed by atoms with van der Waals surface area (Å²) in [6, 6.07) is 0. The van der Waals surface area contributed by atoms with Crippen molar-refractivity contribution in [1.82, 2.24) is 4.90 Å². The van der Waals surface area contributed by atoms with Crippen LogP contribution < -0.4 is 0 Å². The Kier molecular flexibility index (Phi) is 6.60. The number of hydrogen-bond acceptors (Lipinski definition) is 1. The van der Waals surface area contributed by atoms with E-state index in [-0.39, 0.29) is 0 Å². The van der Waals surface area contributed by atoms with Gasteiger partial charge in [-0.1, -0.05) is 24.8 Å². The maximum absolute atomic E-state index is 7.10. The topological polar surface area (TPSA) is 27.1 Å². The van der Waals surface area contributed by atoms with E-state index < -0.39 is 0 Å². The van der Waals surface area contributed by atoms with Crippen molar-refractivity contribution in [3.05, 3.63) is 36.6 Å². The third-order valence-electron chi connectivity index (χ3n) is 1.68. The van der Waals surface area contributed by atoms with E-state index >= 15 is 0 Å². The minimum Gasteiger partial charge on any atom is -0.334 e. The molecule has 0 saturated carbocycles. The summed E-state index contributed by atoms with van der Waals surface area (Å²) in [7, 11) is 0. The molecule has 0 rings (SSSR count). The predicted molar refractivity (Wildman–Crippen MR) is 58.9 cm³/mol. The van der Waals surface area contributed by atoms with Crippen LogP contribution in [-0.4, -0.2) is 17.8 Å². The van der Waals surface area contributed by atoms with Gasteiger partial charge in [-0.2, -0.15) is 0 Å². The number of likely N-dealkylation sites (N-methyl/N-ethyl adjacent to an activating group) is 1. The van der Waals surface area contributed by atoms with Gasteiger partial charge < -0.3 is 4.90 Å². The van der Waals surface area contributed by atoms with Crippen LogP contribution in [0.25, 0.3) is 0 Å². The van der Waals surface area contributed by atoms with Gasteiger partial charge in [0.1, 0.15) is 0 Å². The Morgan fingerprint density at radius 2 is 2.15 bits per heavy atom. The van der Waals surface area contributed by atoms with Gasteiger partial charge in [-0.05, 0) is 26.3 Å². The molecule has 0 aromatic carbocycles. The monoisotopic (exact) mass is 178 g/mol. The highest BCUT2D eigenvalue weighted by molar-refractivity contribution is 5.55. The van der Waals surface area contributed by atoms with Crippen LogP contribution in [0.15, 0.2) is 36.6 Å². The number of nitrogens with zero attached hydrogens (tertiary/aromatic N) is 1. The normalized spacial score (nSPS) is 10.9. The van der Waals surface area contributed by atoms with E-state index in [4.69, 9.17) is 5.41 Å². The smallest absolute Gasteiger partial charge is 0.0861 e. The standard InChI is InChI=1S/C11H18N2/c1-4-6-7-8-9-11(3)13(5-2)10-12/h4,6,8-10,12H,3,5,7H2,1-2H3. The summed E-state index contributed by atoms with van der Waals surface area (Å²) in [5, 5.41) is 7.10. The maximum Gasteiger partial charge on any atom is 0.0861 e. The Hall–Kier alpha value is -1.31. The second kappa shape index (κ2) is 7.35. The Morgan fingerprint density at radius 1 is 1.46 bits per heavy atom. The molecule has 0 unspecified atom stereocenters. The van der Waals surface area contributed by atoms with Crippen LogP contribution in [0.1, 0.15) is 20.3 Å². The molecule has 0 radical (unpaired) electrons. The molecule has 2 heteroatoms. The van der Waals surface area contributed by atoms with Crippen LogP contribution in [0.5, 0.6) is 0 Å². The van der Waals surface area contributed by atoms with Crippen molar-refractivity contribution in [2.24, 2.45) is 0 Å². The lowest BCUT2D eigenvalue weighted by Crippen LogP contribution is -2.18. The van der Waals surface area contributed by atoms with Crippen molar-refractivity contribution in [2.75, 3.05) is 6.54 Å². The van der Waals surface area contributed by atoms with Crippen molar-refractivity contribution >= 4 is 6.34 Å². The molecule has 0 spiro atoms. The minimum absolute atomic E-state index is 0.788. The summed E-state index contributed by atoms with van der Waals surface area (Å²) in [6.07, 6.45) is 10.3. The average molecular weight is 178 g/mol. The Labute approximate surface area is 80.8 Å². The average Bonchev–Trinajstić information content (AvgIpc) is 2.14. The highest BCUT2D eigenvalue weighted by Gasteiger charge is 1.95. The van der Waals surface area contributed by atoms with Crippen LogP contribution in [0.3, 0.4) is 0 Å². The Bertz CT molecular complexity index is 214. The van der Waals surface area contributed by atoms with Crippen molar-refractivity contribution < 1.29 is 0 Å². The summed E-state index contributed by atoms with van der Waals surface area (Å²) < 4.78 is 0. The molecule has 0 bridgehead atoms. The van der Waals surface area contributed by atoms with Crippen LogP contribution in [0.2, 0.25) is 0 Å². The molecular formula is C11H18N2. The van der Waals surface area contributed by atoms with E-state index in [1.165, 1.54) is 6.34 Å². The SMILES string of the molecule is C=C(C=CCC=CC)N(C=N)CC. The largest absolute Gasteiger partial charge is 0.334 e. The lowest BCUT2D eigenvalue weighted by atomic mass is 10.3. The minimum atomic E-state index is 0.788. The zero-order valence-corrected chi connectivity index (χ0v) is 8.46. The van der Waals surface area contributed by atoms with Gasteiger partial charge in [-0.25, -0.2) is 0 Å². The van der Waals surface area contributed by atoms with E-state index in [9.17, 15) is 0 Å². The van der Waals surface area contributed by atoms with Crippen molar-refractivity contribution in [3.63, 3.8) is 0 Å². The van der Waals surface area contributed by atoms with Crippen molar-refractivity contribution in [2.45, 2.75) is 20.3 Å². The summed E-state index contributed by atoms with van der Waals surface area (Å²) >= 11 is 0. The van der Waals surface area contributed by atoms with Gasteiger partial charge in [0, 0.05) is 12.2 Å². The quantitative estimate of drug-likeness (QED) is 0.288. The van der Waals surface area contributed by atoms with E-state index in [1.54, 1.807) is 4.90 Å². The van der Waals surface area contributed by atoms with Gasteiger partial charge in [-0.3, -0.25) is 5.41 Å². The molecule has 2 nitrogen and oxygen atoms in total. The zero-order chi connectivity index (χ0) is 10.1. The van der Waals surface area contributed by atoms with Gasteiger partial charge in [0.2, 0.25) is 0 Å². The van der Waals surface area contributed by atoms with Crippen LogP contribution >= 0.6 is 0 Å². The lowest BCUT2D eigenvalue weighted by Gasteiger charge is -2.15. The number of rotatable bonds is 6. The molecule has 0 saturated heterocycles. The fraction of sp³-hybridized carbons (Fsp3) is 0.364. The molecular weight excluding hydrogens is 160 g/mol. The summed E-state index contributed by atoms with van der Waals surface area (Å²) in [5.74, 6) is 0. The number of nitrogens with one attached hydrogen (secondary N) is 1. The molecule has 0 aliphatic heterocycles. The third-order valence-corrected chi connectivity index (χ3v) is 1.68. The van der Waals surface area contributed by atoms with Gasteiger partial charge >= 0.3 is 0 Å². The van der Waals surface area contributed by atoms with E-state index in [2.05, 4.69) is 12.7 Å². The van der Waals surface area contributed by atoms with Gasteiger partial charge in [0.05, 0.1) is 6.34 Å². The highest BCUT2D eigenvalue weighted by atomic mass is 15.1. The lowest BCUT2D eigenvalue weighted by molar-refractivity contribution is 0.573. The molecule has 0 aliphatic rings. The third kappa shape index (κ3) is 5.01. The molecule has 13 heavy (non-hydrogen) atoms. The maximum atomic E-state index is 7.10. The van der Waals surface area contributed by atoms with Crippen LogP contribution in [0.4, 0.5) is 0 Å². The van der Waals surface area contributed by atoms with Gasteiger partial charge in [-0.15, -0.1) is 0 Å². The van der Waals surface area contributed by atoms with E-state index in [1.807, 2.05) is 32.1 Å². The molecule has 1 N–H and O–H groups in total. The first-order valence-corrected chi connectivity index (χ1v) is 4.50. The molecule has 0 aliphatic carbocycles. The van der Waals surface area contributed by atoms with E-state index in [0.717, 1.165) is 18.7 Å². The fourth-order valence-electron chi connectivity index (χ4n) is 0.892. The van der Waals surface area contributed by atoms with Crippen LogP contribution in [0, 0.1) is 5.41 Å². The first-order chi connectivity index (χ1) is 6.26. The summed E-state index contributed by atoms with van der Waals surface area (Å²) in [4.78, 5) is 1.78. The molecule has 0 aromatic rings. The summed E-state index contributed by atoms with van der Waals surface area (Å²) in [5.41, 5.74) is 0.863. The molecule has 0 atom stereocenters. The van der Waals surface area contributed by atoms with Gasteiger partial charge in [0.25, 0.3) is 0 Å². The van der Waals surface area contributed by atoms with Crippen molar-refractivity contribution in [1.29, 1.82) is 5.41 Å². The zero-order valence-electron chi connectivity index (χ0n) is 8.46. The number of allylic oxidation sites excluding steroid dienone is 4. The Balaban J connectivity index is 3.97. The molecule has 0 aromatic heterocycles. The molecule has 0 fully saturated rings. The molecule has 72 valence electrons. The Morgan fingerprint density at radius 3 is 2.62 bits per heavy atom. The predicted octanol–water partition coefficient (Wildman–Crippen LogP) is 2.95. The number of hydrogen-bond donors (Lipinski definition) is 1. The highest BCUT2D eigenvalue weighted by Crippen LogP contribution is 2.00. The van der Waals surface area contributed by atoms with Gasteiger partial charge in [0.15, 0.2) is 0 Å². The fourth-order valence-corrected chi connectivity index (χ4v) is 0.892. The second-order valence-electron chi connectivity index (χ2n) is 2.61. The van der Waals surface area contributed by atoms with Crippen LogP contribution in [-0.2, 0) is 0 Å². The van der Waals surface area contributed by atoms with Crippen molar-refractivity contribution in [3.8, 4) is 0 Å². The summed E-state index contributed by atoms with van der Waals surface area (Å²) in [6.45, 7) is 8.64. The molecule has 0 heterocycles. The van der Waals surface area contributed by atoms with E-state index in [0.29, 0.717) is 0 Å². The molecule has 0 amide bonds. The first kappa shape index (κ1) is 11.7.